The zero-order valence-corrected chi connectivity index (χ0v) is 70.9. The summed E-state index contributed by atoms with van der Waals surface area (Å²) in [5.41, 5.74) is 27.7. The number of halogens is 3. The molecule has 115 heavy (non-hydrogen) atoms. The lowest BCUT2D eigenvalue weighted by Gasteiger charge is -2.26. The molecule has 0 spiro atoms. The molecule has 0 bridgehead atoms. The minimum Gasteiger partial charge on any atom is -0.506 e. The van der Waals surface area contributed by atoms with Crippen LogP contribution in [-0.2, 0) is 37.9 Å². The zero-order valence-electron chi connectivity index (χ0n) is 68.5. The number of H-pyrrole nitrogens is 2. The maximum Gasteiger partial charge on any atom is 0.204 e. The van der Waals surface area contributed by atoms with Gasteiger partial charge in [-0.1, -0.05) is 31.7 Å². The Balaban J connectivity index is 0.000000181. The van der Waals surface area contributed by atoms with Gasteiger partial charge in [0.15, 0.2) is 0 Å². The molecule has 626 valence electrons. The number of morpholine rings is 4. The number of aromatic amines is 2. The maximum atomic E-state index is 10.3. The van der Waals surface area contributed by atoms with E-state index < -0.39 is 0 Å². The Bertz CT molecular complexity index is 4790. The molecule has 7 aromatic heterocycles. The van der Waals surface area contributed by atoms with Crippen molar-refractivity contribution in [1.29, 1.82) is 0 Å². The van der Waals surface area contributed by atoms with E-state index in [1.54, 1.807) is 24.3 Å². The van der Waals surface area contributed by atoms with E-state index in [-0.39, 0.29) is 43.0 Å². The van der Waals surface area contributed by atoms with Crippen LogP contribution in [-0.4, -0.2) is 246 Å². The van der Waals surface area contributed by atoms with Crippen molar-refractivity contribution in [3.63, 3.8) is 0 Å². The van der Waals surface area contributed by atoms with Gasteiger partial charge in [-0.2, -0.15) is 0 Å². The molecule has 15 rings (SSSR count). The molecule has 11 aromatic rings. The second kappa shape index (κ2) is 46.5. The van der Waals surface area contributed by atoms with E-state index in [1.165, 1.54) is 33.4 Å². The normalized spacial score (nSPS) is 14.7. The van der Waals surface area contributed by atoms with Crippen LogP contribution in [0.1, 0.15) is 112 Å². The average Bonchev–Trinajstić information content (AvgIpc) is 1.64. The molecule has 4 aliphatic heterocycles. The summed E-state index contributed by atoms with van der Waals surface area (Å²) in [5, 5.41) is 40.7. The quantitative estimate of drug-likeness (QED) is 0.0212. The molecule has 0 amide bonds. The molecule has 4 aliphatic rings. The summed E-state index contributed by atoms with van der Waals surface area (Å²) in [4.78, 5) is 47.8. The van der Waals surface area contributed by atoms with E-state index in [1.807, 2.05) is 45.9 Å². The first-order valence-corrected chi connectivity index (χ1v) is 40.7. The number of nitrogens with one attached hydrogen (secondary N) is 5. The second-order valence-corrected chi connectivity index (χ2v) is 30.3. The number of nitrogens with zero attached hydrogens (tertiary/aromatic N) is 13. The number of anilines is 3. The first-order chi connectivity index (χ1) is 54.6. The first kappa shape index (κ1) is 92.0. The Morgan fingerprint density at radius 3 is 1.27 bits per heavy atom. The van der Waals surface area contributed by atoms with Gasteiger partial charge in [-0.05, 0) is 251 Å². The number of aromatic hydroxyl groups is 3. The van der Waals surface area contributed by atoms with Gasteiger partial charge in [0.25, 0.3) is 0 Å². The molecule has 0 saturated carbocycles. The van der Waals surface area contributed by atoms with Gasteiger partial charge in [0, 0.05) is 89.1 Å². The van der Waals surface area contributed by atoms with Crippen LogP contribution in [0.25, 0.3) is 44.1 Å². The molecule has 0 radical (unpaired) electrons. The summed E-state index contributed by atoms with van der Waals surface area (Å²) in [6.45, 7) is 46.3. The van der Waals surface area contributed by atoms with Gasteiger partial charge in [-0.15, -0.1) is 24.0 Å². The highest BCUT2D eigenvalue weighted by molar-refractivity contribution is 6.29. The molecule has 0 aliphatic carbocycles. The van der Waals surface area contributed by atoms with Gasteiger partial charge in [-0.3, -0.25) is 34.6 Å². The van der Waals surface area contributed by atoms with Crippen molar-refractivity contribution in [3.05, 3.63) is 169 Å². The highest BCUT2D eigenvalue weighted by Crippen LogP contribution is 2.31. The minimum atomic E-state index is 0. The van der Waals surface area contributed by atoms with Crippen molar-refractivity contribution >= 4 is 97.6 Å². The predicted molar refractivity (Wildman–Crippen MR) is 470 cm³/mol. The van der Waals surface area contributed by atoms with Crippen LogP contribution in [0.4, 0.5) is 17.8 Å². The Morgan fingerprint density at radius 2 is 0.809 bits per heavy atom. The minimum absolute atomic E-state index is 0. The largest absolute Gasteiger partial charge is 0.506 e. The van der Waals surface area contributed by atoms with E-state index in [0.717, 1.165) is 273 Å². The number of fused-ring (bicyclic) bond motifs is 4. The van der Waals surface area contributed by atoms with E-state index in [2.05, 4.69) is 171 Å². The van der Waals surface area contributed by atoms with Crippen molar-refractivity contribution in [1.82, 2.24) is 73.6 Å². The third-order valence-corrected chi connectivity index (χ3v) is 20.5. The molecular weight excluding hydrogens is 1520 g/mol. The number of ether oxygens (including phenoxy) is 4. The van der Waals surface area contributed by atoms with Crippen LogP contribution in [0.15, 0.2) is 84.9 Å². The lowest BCUT2D eigenvalue weighted by atomic mass is 10.1. The smallest absolute Gasteiger partial charge is 0.204 e. The lowest BCUT2D eigenvalue weighted by molar-refractivity contribution is 0.0377. The van der Waals surface area contributed by atoms with Gasteiger partial charge in [0.2, 0.25) is 23.1 Å². The summed E-state index contributed by atoms with van der Waals surface area (Å²) in [6, 6.07) is 27.5. The van der Waals surface area contributed by atoms with E-state index in [9.17, 15) is 10.2 Å². The summed E-state index contributed by atoms with van der Waals surface area (Å²) in [7, 11) is 0. The van der Waals surface area contributed by atoms with Gasteiger partial charge in [-0.25, -0.2) is 19.9 Å². The number of rotatable bonds is 23. The molecule has 10 N–H and O–H groups in total. The molecule has 0 unspecified atom stereocenters. The van der Waals surface area contributed by atoms with Crippen molar-refractivity contribution < 1.29 is 34.3 Å². The lowest BCUT2D eigenvalue weighted by Crippen LogP contribution is -2.37. The third-order valence-electron chi connectivity index (χ3n) is 20.1. The van der Waals surface area contributed by atoms with Crippen molar-refractivity contribution in [3.8, 4) is 17.2 Å². The number of aryl methyl sites for hydroxylation is 11. The summed E-state index contributed by atoms with van der Waals surface area (Å²) in [6.07, 6.45) is 4.30. The molecular formula is C86H124Cl3N19O7. The van der Waals surface area contributed by atoms with E-state index in [0.29, 0.717) is 35.5 Å². The summed E-state index contributed by atoms with van der Waals surface area (Å²) >= 11 is 11.2. The molecule has 4 saturated heterocycles. The summed E-state index contributed by atoms with van der Waals surface area (Å²) in [5.74, 6) is 3.37. The number of benzene rings is 4. The van der Waals surface area contributed by atoms with Gasteiger partial charge < -0.3 is 75.1 Å². The maximum absolute atomic E-state index is 10.3. The monoisotopic (exact) mass is 1640 g/mol. The summed E-state index contributed by atoms with van der Waals surface area (Å²) < 4.78 is 25.7. The van der Waals surface area contributed by atoms with Crippen LogP contribution in [0, 0.1) is 76.2 Å². The fraction of sp³-hybridized carbons (Fsp3) is 0.500. The Morgan fingerprint density at radius 1 is 0.426 bits per heavy atom. The average molecular weight is 1640 g/mol. The fourth-order valence-corrected chi connectivity index (χ4v) is 14.8. The highest BCUT2D eigenvalue weighted by atomic mass is 35.5. The van der Waals surface area contributed by atoms with Crippen molar-refractivity contribution in [2.75, 3.05) is 174 Å². The van der Waals surface area contributed by atoms with Gasteiger partial charge in [0.05, 0.1) is 122 Å². The molecule has 4 fully saturated rings. The van der Waals surface area contributed by atoms with Crippen LogP contribution in [0.2, 0.25) is 5.28 Å². The molecule has 26 nitrogen and oxygen atoms in total. The van der Waals surface area contributed by atoms with Crippen LogP contribution >= 0.6 is 35.6 Å². The Hall–Kier alpha value is -8.48. The predicted octanol–water partition coefficient (Wildman–Crippen LogP) is 14.2. The zero-order chi connectivity index (χ0) is 80.3. The number of aromatic nitrogens is 11. The van der Waals surface area contributed by atoms with Crippen LogP contribution in [0.5, 0.6) is 17.2 Å². The Kier molecular flexibility index (Phi) is 37.2. The number of imidazole rings is 4. The highest BCUT2D eigenvalue weighted by Gasteiger charge is 2.21. The second-order valence-electron chi connectivity index (χ2n) is 29.7. The number of nitrogens with two attached hydrogens (primary N) is 1. The van der Waals surface area contributed by atoms with Crippen molar-refractivity contribution in [2.45, 2.75) is 128 Å². The topological polar surface area (TPSA) is 304 Å². The molecule has 29 heteroatoms. The Labute approximate surface area is 695 Å². The number of pyridine rings is 3. The van der Waals surface area contributed by atoms with E-state index >= 15 is 0 Å². The van der Waals surface area contributed by atoms with E-state index in [4.69, 9.17) is 63.0 Å². The molecule has 11 heterocycles. The third kappa shape index (κ3) is 27.8. The SMILES string of the molecule is C.Cc1cc(C)c2c(c1)nc(NCCCN1CCOCC1)n2Cc1nc(C)ccc1O.Cc1cc(C)c2nc(Cl)[nH]c2c1.Cc1cc(C)c2nc(NCCCN3CCOCC3)[nH]c2c1.Cc1cc(C)c2nc(NCCCN3CCOCC3)n(Cc3nc(C)ccc3O)c2c1.Cc1ccc(O)c(CCl)n1.Cl.NCCCN1CCOCC1. The van der Waals surface area contributed by atoms with Gasteiger partial charge >= 0.3 is 0 Å². The number of alkyl halides is 1. The fourth-order valence-electron chi connectivity index (χ4n) is 14.4. The van der Waals surface area contributed by atoms with Gasteiger partial charge in [0.1, 0.15) is 28.6 Å². The van der Waals surface area contributed by atoms with Crippen LogP contribution < -0.4 is 21.7 Å². The molecule has 0 atom stereocenters. The standard InChI is InChI=1S/2C23H31N5O2.C16H24N4O.C9H9ClN2.C7H8ClNO.C7H16N2O.CH4.ClH/c1-16-13-17(2)22-20(14-16)28(15-19-21(29)6-5-18(3)25-19)23(26-22)24-7-4-8-27-9-11-30-12-10-27;1-16-13-17(2)22-19(14-16)26-23(24-7-4-8-27-9-11-30-12-10-27)28(22)15-20-21(29)6-5-18(3)25-20;1-12-10-13(2)15-14(11-12)18-16(19-15)17-4-3-5-20-6-8-21-9-7-20;1-5-3-6(2)8-7(4-5)11-9(10)12-8;1-5-2-3-7(10)6(4-8)9-5;8-2-1-3-9-4-6-10-7-5-9;;/h2*5-6,13-14,29H,4,7-12,15H2,1-3H3,(H,24,26);10-11H,3-9H2,1-2H3,(H2,17,18,19);3-4H,1-2H3,(H,11,12);2-3,10H,4H2,1H3;1-8H2;1H4;1H. The number of hydrogen-bond donors (Lipinski definition) is 9. The first-order valence-electron chi connectivity index (χ1n) is 39.8. The number of hydrogen-bond acceptors (Lipinski definition) is 22. The van der Waals surface area contributed by atoms with Crippen LogP contribution in [0.3, 0.4) is 0 Å². The molecule has 4 aromatic carbocycles. The van der Waals surface area contributed by atoms with Crippen molar-refractivity contribution in [2.24, 2.45) is 5.73 Å².